The van der Waals surface area contributed by atoms with Crippen molar-refractivity contribution in [2.45, 2.75) is 13.3 Å². The van der Waals surface area contributed by atoms with E-state index in [4.69, 9.17) is 5.11 Å². The lowest BCUT2D eigenvalue weighted by Crippen LogP contribution is -1.72. The van der Waals surface area contributed by atoms with Gasteiger partial charge >= 0.3 is 0 Å². The summed E-state index contributed by atoms with van der Waals surface area (Å²) in [5, 5.41) is 8.21. The summed E-state index contributed by atoms with van der Waals surface area (Å²) >= 11 is 0. The largest absolute Gasteiger partial charge is 0.396 e. The summed E-state index contributed by atoms with van der Waals surface area (Å²) in [5.74, 6) is 0. The summed E-state index contributed by atoms with van der Waals surface area (Å²) < 4.78 is 0. The fourth-order valence-electron chi connectivity index (χ4n) is 0.266. The molecule has 0 aliphatic heterocycles. The van der Waals surface area contributed by atoms with E-state index in [0.29, 0.717) is 6.42 Å². The van der Waals surface area contributed by atoms with Crippen molar-refractivity contribution in [2.75, 3.05) is 6.61 Å². The molecule has 0 spiro atoms. The fraction of sp³-hybridized carbons (Fsp3) is 0.500. The molecule has 0 saturated carbocycles. The molecule has 0 unspecified atom stereocenters. The topological polar surface area (TPSA) is 20.2 Å². The second kappa shape index (κ2) is 5.48. The molecule has 0 bridgehead atoms. The Bertz CT molecular complexity index is 78.2. The van der Waals surface area contributed by atoms with Gasteiger partial charge in [0.15, 0.2) is 0 Å². The smallest absolute Gasteiger partial charge is 0.0471 e. The van der Waals surface area contributed by atoms with Crippen LogP contribution in [0.25, 0.3) is 0 Å². The molecule has 0 aromatic carbocycles. The maximum Gasteiger partial charge on any atom is 0.0471 e. The molecule has 1 N–H and O–H groups in total. The van der Waals surface area contributed by atoms with Crippen LogP contribution in [0.4, 0.5) is 0 Å². The molecule has 0 heterocycles. The minimum Gasteiger partial charge on any atom is -0.396 e. The number of aliphatic hydroxyl groups is 1. The summed E-state index contributed by atoms with van der Waals surface area (Å²) in [6, 6.07) is 0. The van der Waals surface area contributed by atoms with E-state index in [1.807, 2.05) is 13.0 Å². The van der Waals surface area contributed by atoms with Crippen LogP contribution < -0.4 is 0 Å². The lowest BCUT2D eigenvalue weighted by Gasteiger charge is -1.74. The van der Waals surface area contributed by atoms with E-state index in [1.54, 1.807) is 6.08 Å². The van der Waals surface area contributed by atoms with Gasteiger partial charge in [0.05, 0.1) is 0 Å². The maximum absolute atomic E-state index is 8.21. The number of hydrogen-bond donors (Lipinski definition) is 1. The number of hydrogen-bond acceptors (Lipinski definition) is 1. The Morgan fingerprint density at radius 3 is 2.86 bits per heavy atom. The predicted octanol–water partition coefficient (Wildman–Crippen LogP) is 1.10. The predicted molar refractivity (Wildman–Crippen MR) is 30.0 cm³/mol. The quantitative estimate of drug-likeness (QED) is 0.513. The van der Waals surface area contributed by atoms with Crippen molar-refractivity contribution in [3.05, 3.63) is 17.9 Å². The van der Waals surface area contributed by atoms with E-state index in [2.05, 4.69) is 5.73 Å². The van der Waals surface area contributed by atoms with Crippen molar-refractivity contribution in [1.82, 2.24) is 0 Å². The van der Waals surface area contributed by atoms with E-state index >= 15 is 0 Å². The Labute approximate surface area is 44.0 Å². The van der Waals surface area contributed by atoms with Gasteiger partial charge < -0.3 is 5.11 Å². The van der Waals surface area contributed by atoms with E-state index in [0.717, 1.165) is 0 Å². The molecule has 0 aromatic heterocycles. The first-order valence-electron chi connectivity index (χ1n) is 2.38. The highest BCUT2D eigenvalue weighted by atomic mass is 16.2. The monoisotopic (exact) mass is 98.1 g/mol. The Kier molecular flexibility index (Phi) is 5.07. The Hall–Kier alpha value is -0.520. The first-order valence-corrected chi connectivity index (χ1v) is 2.38. The van der Waals surface area contributed by atoms with Gasteiger partial charge in [0.2, 0.25) is 0 Å². The average Bonchev–Trinajstić information content (AvgIpc) is 1.69. The van der Waals surface area contributed by atoms with Crippen LogP contribution in [0.2, 0.25) is 0 Å². The molecular weight excluding hydrogens is 88.1 g/mol. The van der Waals surface area contributed by atoms with Crippen LogP contribution in [0.1, 0.15) is 13.3 Å². The lowest BCUT2D eigenvalue weighted by atomic mass is 10.4. The third kappa shape index (κ3) is 5.48. The number of rotatable bonds is 2. The molecule has 1 heteroatoms. The molecule has 0 rings (SSSR count). The zero-order valence-electron chi connectivity index (χ0n) is 4.52. The van der Waals surface area contributed by atoms with Crippen LogP contribution in [0.3, 0.4) is 0 Å². The van der Waals surface area contributed by atoms with E-state index in [-0.39, 0.29) is 6.61 Å². The molecule has 0 aliphatic carbocycles. The molecule has 40 valence electrons. The van der Waals surface area contributed by atoms with Crippen molar-refractivity contribution in [2.24, 2.45) is 0 Å². The normalized spacial score (nSPS) is 7.14. The second-order valence-corrected chi connectivity index (χ2v) is 1.17. The summed E-state index contributed by atoms with van der Waals surface area (Å²) in [7, 11) is 0. The zero-order valence-corrected chi connectivity index (χ0v) is 4.52. The molecule has 0 aromatic rings. The molecule has 0 atom stereocenters. The second-order valence-electron chi connectivity index (χ2n) is 1.17. The van der Waals surface area contributed by atoms with Crippen molar-refractivity contribution in [3.63, 3.8) is 0 Å². The van der Waals surface area contributed by atoms with Gasteiger partial charge in [0.25, 0.3) is 0 Å². The Balaban J connectivity index is 3.10. The molecule has 0 saturated heterocycles. The summed E-state index contributed by atoms with van der Waals surface area (Å²) in [4.78, 5) is 0. The van der Waals surface area contributed by atoms with Crippen molar-refractivity contribution in [1.29, 1.82) is 0 Å². The van der Waals surface area contributed by atoms with Gasteiger partial charge in [-0.1, -0.05) is 0 Å². The van der Waals surface area contributed by atoms with Crippen LogP contribution in [0, 0.1) is 0 Å². The highest BCUT2D eigenvalue weighted by molar-refractivity contribution is 4.80. The minimum atomic E-state index is 0.223. The SMILES string of the molecule is CC=C=CCCO. The molecular formula is C6H10O. The average molecular weight is 98.1 g/mol. The molecule has 7 heavy (non-hydrogen) atoms. The molecule has 1 nitrogen and oxygen atoms in total. The van der Waals surface area contributed by atoms with E-state index < -0.39 is 0 Å². The van der Waals surface area contributed by atoms with E-state index in [9.17, 15) is 0 Å². The van der Waals surface area contributed by atoms with Gasteiger partial charge in [-0.3, -0.25) is 0 Å². The first-order chi connectivity index (χ1) is 3.41. The summed E-state index contributed by atoms with van der Waals surface area (Å²) in [6.45, 7) is 2.12. The summed E-state index contributed by atoms with van der Waals surface area (Å²) in [5.41, 5.74) is 2.84. The van der Waals surface area contributed by atoms with Crippen molar-refractivity contribution in [3.8, 4) is 0 Å². The third-order valence-corrected chi connectivity index (χ3v) is 0.558. The van der Waals surface area contributed by atoms with Crippen LogP contribution >= 0.6 is 0 Å². The van der Waals surface area contributed by atoms with Crippen LogP contribution in [-0.4, -0.2) is 11.7 Å². The Morgan fingerprint density at radius 2 is 2.43 bits per heavy atom. The maximum atomic E-state index is 8.21. The van der Waals surface area contributed by atoms with Crippen molar-refractivity contribution < 1.29 is 5.11 Å². The van der Waals surface area contributed by atoms with Crippen LogP contribution in [0.15, 0.2) is 17.9 Å². The molecule has 0 aliphatic rings. The third-order valence-electron chi connectivity index (χ3n) is 0.558. The highest BCUT2D eigenvalue weighted by Gasteiger charge is 1.65. The highest BCUT2D eigenvalue weighted by Crippen LogP contribution is 1.74. The van der Waals surface area contributed by atoms with Gasteiger partial charge in [-0.15, -0.1) is 5.73 Å². The van der Waals surface area contributed by atoms with Gasteiger partial charge in [-0.05, 0) is 25.5 Å². The molecule has 0 amide bonds. The van der Waals surface area contributed by atoms with Gasteiger partial charge in [0, 0.05) is 6.61 Å². The lowest BCUT2D eigenvalue weighted by molar-refractivity contribution is 0.302. The van der Waals surface area contributed by atoms with Gasteiger partial charge in [-0.25, -0.2) is 0 Å². The molecule has 0 radical (unpaired) electrons. The number of aliphatic hydroxyl groups excluding tert-OH is 1. The summed E-state index contributed by atoms with van der Waals surface area (Å²) in [6.07, 6.45) is 4.33. The standard InChI is InChI=1S/C6H10O/c1-2-3-4-5-6-7/h2,4,7H,5-6H2,1H3. The van der Waals surface area contributed by atoms with Gasteiger partial charge in [-0.2, -0.15) is 0 Å². The van der Waals surface area contributed by atoms with Crippen LogP contribution in [0.5, 0.6) is 0 Å². The zero-order chi connectivity index (χ0) is 5.54. The minimum absolute atomic E-state index is 0.223. The van der Waals surface area contributed by atoms with E-state index in [1.165, 1.54) is 0 Å². The first kappa shape index (κ1) is 6.48. The molecule has 0 fully saturated rings. The van der Waals surface area contributed by atoms with Crippen molar-refractivity contribution >= 4 is 0 Å². The fourth-order valence-corrected chi connectivity index (χ4v) is 0.266. The Morgan fingerprint density at radius 1 is 1.71 bits per heavy atom. The van der Waals surface area contributed by atoms with Gasteiger partial charge in [0.1, 0.15) is 0 Å². The van der Waals surface area contributed by atoms with Crippen LogP contribution in [-0.2, 0) is 0 Å².